The first-order chi connectivity index (χ1) is 10.5. The van der Waals surface area contributed by atoms with Crippen molar-refractivity contribution in [3.63, 3.8) is 0 Å². The maximum absolute atomic E-state index is 13.5. The number of halogens is 3. The van der Waals surface area contributed by atoms with Gasteiger partial charge < -0.3 is 5.32 Å². The van der Waals surface area contributed by atoms with E-state index in [0.29, 0.717) is 5.02 Å². The number of amides is 1. The molecule has 1 aliphatic rings. The Balaban J connectivity index is 1.61. The second kappa shape index (κ2) is 6.05. The van der Waals surface area contributed by atoms with Gasteiger partial charge in [-0.05, 0) is 48.6 Å². The summed E-state index contributed by atoms with van der Waals surface area (Å²) in [5.41, 5.74) is 0.799. The van der Waals surface area contributed by atoms with Crippen molar-refractivity contribution in [3.05, 3.63) is 70.2 Å². The highest BCUT2D eigenvalue weighted by Crippen LogP contribution is 2.39. The van der Waals surface area contributed by atoms with Gasteiger partial charge >= 0.3 is 0 Å². The van der Waals surface area contributed by atoms with E-state index in [1.54, 1.807) is 0 Å². The second-order valence-electron chi connectivity index (χ2n) is 5.48. The molecular weight excluding hydrogens is 308 g/mol. The maximum atomic E-state index is 13.5. The molecule has 3 rings (SSSR count). The van der Waals surface area contributed by atoms with Crippen LogP contribution in [0.4, 0.5) is 8.78 Å². The predicted molar refractivity (Wildman–Crippen MR) is 81.0 cm³/mol. The van der Waals surface area contributed by atoms with Crippen LogP contribution in [0.25, 0.3) is 0 Å². The monoisotopic (exact) mass is 321 g/mol. The normalized spacial score (nSPS) is 20.3. The molecule has 5 heteroatoms. The van der Waals surface area contributed by atoms with Crippen LogP contribution in [0.3, 0.4) is 0 Å². The number of carbonyl (C=O) groups is 1. The van der Waals surface area contributed by atoms with Crippen LogP contribution in [0.2, 0.25) is 5.02 Å². The molecule has 0 aromatic heterocycles. The number of benzene rings is 2. The second-order valence-corrected chi connectivity index (χ2v) is 5.89. The van der Waals surface area contributed by atoms with Crippen molar-refractivity contribution >= 4 is 17.5 Å². The Morgan fingerprint density at radius 3 is 2.59 bits per heavy atom. The summed E-state index contributed by atoms with van der Waals surface area (Å²) in [4.78, 5) is 12.0. The molecule has 22 heavy (non-hydrogen) atoms. The average Bonchev–Trinajstić information content (AvgIpc) is 2.46. The zero-order valence-corrected chi connectivity index (χ0v) is 12.4. The summed E-state index contributed by atoms with van der Waals surface area (Å²) >= 11 is 6.14. The minimum atomic E-state index is -0.721. The first-order valence-electron chi connectivity index (χ1n) is 7.05. The lowest BCUT2D eigenvalue weighted by atomic mass is 9.76. The Morgan fingerprint density at radius 1 is 1.14 bits per heavy atom. The lowest BCUT2D eigenvalue weighted by molar-refractivity contribution is 0.0904. The molecule has 0 bridgehead atoms. The molecule has 0 radical (unpaired) electrons. The Morgan fingerprint density at radius 2 is 1.86 bits per heavy atom. The van der Waals surface area contributed by atoms with Gasteiger partial charge in [-0.25, -0.2) is 8.78 Å². The lowest BCUT2D eigenvalue weighted by Gasteiger charge is -2.36. The SMILES string of the molecule is O=C(NC1CC(c2ccccc2Cl)C1)c1cc(F)ccc1F. The third kappa shape index (κ3) is 2.97. The van der Waals surface area contributed by atoms with Crippen LogP contribution in [0.5, 0.6) is 0 Å². The molecule has 0 heterocycles. The van der Waals surface area contributed by atoms with E-state index in [4.69, 9.17) is 11.6 Å². The fraction of sp³-hybridized carbons (Fsp3) is 0.235. The van der Waals surface area contributed by atoms with Gasteiger partial charge in [0.1, 0.15) is 11.6 Å². The standard InChI is InChI=1S/C17H14ClF2NO/c18-15-4-2-1-3-13(15)10-7-12(8-10)21-17(22)14-9-11(19)5-6-16(14)20/h1-6,9-10,12H,7-8H2,(H,21,22). The Kier molecular flexibility index (Phi) is 4.12. The summed E-state index contributed by atoms with van der Waals surface area (Å²) in [6, 6.07) is 10.4. The van der Waals surface area contributed by atoms with Crippen molar-refractivity contribution in [1.82, 2.24) is 5.32 Å². The molecule has 0 atom stereocenters. The highest BCUT2D eigenvalue weighted by atomic mass is 35.5. The van der Waals surface area contributed by atoms with E-state index < -0.39 is 17.5 Å². The molecule has 1 N–H and O–H groups in total. The lowest BCUT2D eigenvalue weighted by Crippen LogP contribution is -2.43. The van der Waals surface area contributed by atoms with Crippen LogP contribution in [-0.2, 0) is 0 Å². The van der Waals surface area contributed by atoms with Crippen LogP contribution in [0.1, 0.15) is 34.7 Å². The van der Waals surface area contributed by atoms with E-state index in [0.717, 1.165) is 36.6 Å². The average molecular weight is 322 g/mol. The third-order valence-electron chi connectivity index (χ3n) is 3.99. The first kappa shape index (κ1) is 15.0. The highest BCUT2D eigenvalue weighted by Gasteiger charge is 2.33. The third-order valence-corrected chi connectivity index (χ3v) is 4.34. The van der Waals surface area contributed by atoms with E-state index in [2.05, 4.69) is 5.32 Å². The van der Waals surface area contributed by atoms with Crippen molar-refractivity contribution in [2.75, 3.05) is 0 Å². The summed E-state index contributed by atoms with van der Waals surface area (Å²) in [7, 11) is 0. The van der Waals surface area contributed by atoms with Gasteiger partial charge in [0, 0.05) is 11.1 Å². The van der Waals surface area contributed by atoms with Crippen molar-refractivity contribution in [3.8, 4) is 0 Å². The zero-order chi connectivity index (χ0) is 15.7. The number of rotatable bonds is 3. The van der Waals surface area contributed by atoms with Crippen LogP contribution in [0.15, 0.2) is 42.5 Å². The Labute approximate surface area is 132 Å². The fourth-order valence-corrected chi connectivity index (χ4v) is 3.02. The summed E-state index contributed by atoms with van der Waals surface area (Å²) in [5.74, 6) is -1.65. The van der Waals surface area contributed by atoms with Crippen LogP contribution < -0.4 is 5.32 Å². The van der Waals surface area contributed by atoms with Gasteiger partial charge in [0.15, 0.2) is 0 Å². The number of carbonyl (C=O) groups excluding carboxylic acids is 1. The van der Waals surface area contributed by atoms with E-state index in [-0.39, 0.29) is 17.5 Å². The molecule has 2 aromatic rings. The first-order valence-corrected chi connectivity index (χ1v) is 7.42. The Hall–Kier alpha value is -1.94. The molecule has 1 fully saturated rings. The molecule has 1 saturated carbocycles. The number of nitrogens with one attached hydrogen (secondary N) is 1. The molecule has 0 spiro atoms. The van der Waals surface area contributed by atoms with Gasteiger partial charge in [-0.3, -0.25) is 4.79 Å². The summed E-state index contributed by atoms with van der Waals surface area (Å²) < 4.78 is 26.6. The van der Waals surface area contributed by atoms with Crippen molar-refractivity contribution < 1.29 is 13.6 Å². The number of hydrogen-bond acceptors (Lipinski definition) is 1. The number of hydrogen-bond donors (Lipinski definition) is 1. The molecule has 0 aliphatic heterocycles. The largest absolute Gasteiger partial charge is 0.349 e. The summed E-state index contributed by atoms with van der Waals surface area (Å²) in [6.45, 7) is 0. The van der Waals surface area contributed by atoms with Gasteiger partial charge in [0.05, 0.1) is 5.56 Å². The molecule has 0 unspecified atom stereocenters. The smallest absolute Gasteiger partial charge is 0.254 e. The van der Waals surface area contributed by atoms with E-state index in [1.807, 2.05) is 24.3 Å². The fourth-order valence-electron chi connectivity index (χ4n) is 2.73. The molecule has 2 aromatic carbocycles. The predicted octanol–water partition coefficient (Wildman–Crippen LogP) is 4.29. The minimum Gasteiger partial charge on any atom is -0.349 e. The molecule has 2 nitrogen and oxygen atoms in total. The Bertz CT molecular complexity index is 714. The molecular formula is C17H14ClF2NO. The quantitative estimate of drug-likeness (QED) is 0.897. The van der Waals surface area contributed by atoms with Gasteiger partial charge in [-0.1, -0.05) is 29.8 Å². The topological polar surface area (TPSA) is 29.1 Å². The van der Waals surface area contributed by atoms with E-state index in [1.165, 1.54) is 0 Å². The van der Waals surface area contributed by atoms with E-state index in [9.17, 15) is 13.6 Å². The summed E-state index contributed by atoms with van der Waals surface area (Å²) in [6.07, 6.45) is 1.48. The van der Waals surface area contributed by atoms with Gasteiger partial charge in [-0.2, -0.15) is 0 Å². The molecule has 114 valence electrons. The van der Waals surface area contributed by atoms with Crippen molar-refractivity contribution in [2.24, 2.45) is 0 Å². The maximum Gasteiger partial charge on any atom is 0.254 e. The van der Waals surface area contributed by atoms with Gasteiger partial charge in [0.2, 0.25) is 0 Å². The minimum absolute atomic E-state index is 0.0450. The van der Waals surface area contributed by atoms with Crippen LogP contribution >= 0.6 is 11.6 Å². The van der Waals surface area contributed by atoms with Crippen molar-refractivity contribution in [1.29, 1.82) is 0 Å². The van der Waals surface area contributed by atoms with Crippen LogP contribution in [-0.4, -0.2) is 11.9 Å². The summed E-state index contributed by atoms with van der Waals surface area (Å²) in [5, 5.41) is 3.45. The molecule has 1 aliphatic carbocycles. The highest BCUT2D eigenvalue weighted by molar-refractivity contribution is 6.31. The molecule has 0 saturated heterocycles. The van der Waals surface area contributed by atoms with Gasteiger partial charge in [-0.15, -0.1) is 0 Å². The van der Waals surface area contributed by atoms with Crippen LogP contribution in [0, 0.1) is 11.6 Å². The van der Waals surface area contributed by atoms with Crippen molar-refractivity contribution in [2.45, 2.75) is 24.8 Å². The van der Waals surface area contributed by atoms with Gasteiger partial charge in [0.25, 0.3) is 5.91 Å². The van der Waals surface area contributed by atoms with E-state index >= 15 is 0 Å². The zero-order valence-electron chi connectivity index (χ0n) is 11.7. The molecule has 1 amide bonds.